The number of aliphatic hydroxyl groups is 1. The van der Waals surface area contributed by atoms with E-state index in [9.17, 15) is 23.1 Å². The fraction of sp³-hybridized carbons (Fsp3) is 0.381. The normalized spacial score (nSPS) is 17.0. The van der Waals surface area contributed by atoms with Crippen molar-refractivity contribution < 1.29 is 23.1 Å². The molecule has 0 bridgehead atoms. The molecule has 9 nitrogen and oxygen atoms in total. The molecule has 13 heteroatoms. The van der Waals surface area contributed by atoms with Gasteiger partial charge in [-0.05, 0) is 17.7 Å². The van der Waals surface area contributed by atoms with Crippen molar-refractivity contribution in [2.75, 3.05) is 29.2 Å². The van der Waals surface area contributed by atoms with Gasteiger partial charge in [0.05, 0.1) is 23.1 Å². The number of nitrogens with one attached hydrogen (secondary N) is 1. The van der Waals surface area contributed by atoms with E-state index >= 15 is 0 Å². The Morgan fingerprint density at radius 3 is 2.62 bits per heavy atom. The first-order valence-corrected chi connectivity index (χ1v) is 10.9. The number of aliphatic hydroxyl groups excluding tert-OH is 1. The summed E-state index contributed by atoms with van der Waals surface area (Å²) in [6.45, 7) is 5.09. The average molecular weight is 494 g/mol. The van der Waals surface area contributed by atoms with Crippen LogP contribution in [0, 0.1) is 0 Å². The Morgan fingerprint density at radius 2 is 1.97 bits per heavy atom. The van der Waals surface area contributed by atoms with Crippen molar-refractivity contribution in [2.24, 2.45) is 0 Å². The van der Waals surface area contributed by atoms with Crippen LogP contribution in [0.2, 0.25) is 0 Å². The third-order valence-corrected chi connectivity index (χ3v) is 6.51. The number of amides is 1. The van der Waals surface area contributed by atoms with Gasteiger partial charge in [-0.15, -0.1) is 0 Å². The van der Waals surface area contributed by atoms with Gasteiger partial charge in [0, 0.05) is 44.2 Å². The predicted molar refractivity (Wildman–Crippen MR) is 122 cm³/mol. The molecule has 0 spiro atoms. The highest BCUT2D eigenvalue weighted by Gasteiger charge is 2.42. The summed E-state index contributed by atoms with van der Waals surface area (Å²) in [6, 6.07) is 2.67. The number of likely N-dealkylation sites (N-methyl/N-ethyl adjacent to an activating group) is 1. The first-order valence-electron chi connectivity index (χ1n) is 10.1. The lowest BCUT2D eigenvalue weighted by Crippen LogP contribution is -2.38. The molecule has 4 heterocycles. The molecule has 4 rings (SSSR count). The molecule has 1 amide bonds. The highest BCUT2D eigenvalue weighted by Crippen LogP contribution is 2.44. The zero-order valence-electron chi connectivity index (χ0n) is 19.0. The summed E-state index contributed by atoms with van der Waals surface area (Å²) in [6.07, 6.45) is -2.98. The van der Waals surface area contributed by atoms with E-state index in [-0.39, 0.29) is 16.6 Å². The number of carbonyl (C=O) groups excluding carboxylic acids is 1. The zero-order valence-corrected chi connectivity index (χ0v) is 19.8. The van der Waals surface area contributed by atoms with Gasteiger partial charge in [-0.25, -0.2) is 4.98 Å². The van der Waals surface area contributed by atoms with Gasteiger partial charge in [-0.1, -0.05) is 13.8 Å². The number of halogens is 3. The molecule has 0 saturated carbocycles. The number of pyridine rings is 2. The van der Waals surface area contributed by atoms with Gasteiger partial charge < -0.3 is 20.2 Å². The molecule has 2 N–H and O–H groups in total. The van der Waals surface area contributed by atoms with E-state index in [0.29, 0.717) is 17.7 Å². The molecule has 0 fully saturated rings. The van der Waals surface area contributed by atoms with E-state index in [1.807, 2.05) is 19.9 Å². The molecule has 1 atom stereocenters. The minimum absolute atomic E-state index is 0.0289. The number of anilines is 4. The van der Waals surface area contributed by atoms with Crippen LogP contribution in [-0.4, -0.2) is 50.7 Å². The minimum atomic E-state index is -4.61. The van der Waals surface area contributed by atoms with Gasteiger partial charge in [0.15, 0.2) is 11.6 Å². The second-order valence-corrected chi connectivity index (χ2v) is 9.26. The summed E-state index contributed by atoms with van der Waals surface area (Å²) in [7, 11) is 3.15. The molecule has 0 radical (unpaired) electrons. The van der Waals surface area contributed by atoms with Crippen molar-refractivity contribution in [2.45, 2.75) is 38.6 Å². The van der Waals surface area contributed by atoms with Crippen LogP contribution < -0.4 is 15.1 Å². The third kappa shape index (κ3) is 4.05. The largest absolute Gasteiger partial charge is 0.417 e. The van der Waals surface area contributed by atoms with Crippen LogP contribution in [0.4, 0.5) is 35.5 Å². The van der Waals surface area contributed by atoms with Gasteiger partial charge in [-0.3, -0.25) is 9.78 Å². The number of nitrogens with zero attached hydrogens (tertiary/aromatic N) is 6. The van der Waals surface area contributed by atoms with Crippen molar-refractivity contribution in [1.29, 1.82) is 0 Å². The lowest BCUT2D eigenvalue weighted by molar-refractivity contribution is -0.137. The molecule has 0 saturated heterocycles. The average Bonchev–Trinajstić information content (AvgIpc) is 3.30. The molecule has 0 aromatic carbocycles. The number of fused-ring (bicyclic) bond motifs is 1. The van der Waals surface area contributed by atoms with Crippen molar-refractivity contribution in [3.8, 4) is 11.5 Å². The van der Waals surface area contributed by atoms with Crippen molar-refractivity contribution in [3.05, 3.63) is 35.7 Å². The number of aromatic nitrogens is 4. The van der Waals surface area contributed by atoms with E-state index in [0.717, 1.165) is 33.7 Å². The zero-order chi connectivity index (χ0) is 25.0. The number of hydrogen-bond donors (Lipinski definition) is 2. The fourth-order valence-electron chi connectivity index (χ4n) is 3.73. The Labute approximate surface area is 197 Å². The van der Waals surface area contributed by atoms with Crippen LogP contribution in [-0.2, 0) is 16.4 Å². The van der Waals surface area contributed by atoms with Crippen LogP contribution in [0.25, 0.3) is 11.5 Å². The van der Waals surface area contributed by atoms with Gasteiger partial charge in [0.25, 0.3) is 0 Å². The van der Waals surface area contributed by atoms with Gasteiger partial charge in [0.2, 0.25) is 11.0 Å². The van der Waals surface area contributed by atoms with Gasteiger partial charge in [-0.2, -0.15) is 22.5 Å². The number of rotatable bonds is 4. The Hall–Kier alpha value is -3.32. The molecule has 180 valence electrons. The maximum absolute atomic E-state index is 13.2. The smallest absolute Gasteiger partial charge is 0.373 e. The Bertz CT molecular complexity index is 1260. The summed E-state index contributed by atoms with van der Waals surface area (Å²) >= 11 is 0.974. The standard InChI is InChI=1S/C21H22F3N7O2S/c1-10(32)30(4)14-6-11(21(22,23)24)8-26-17(14)28-19-27-16(29-34-19)13-7-12-15(9-25-13)31(5)18(33)20(12,2)3/h6-9,18,33H,1-5H3,(H,26,27,28,29). The van der Waals surface area contributed by atoms with Crippen molar-refractivity contribution in [3.63, 3.8) is 0 Å². The van der Waals surface area contributed by atoms with E-state index in [4.69, 9.17) is 0 Å². The van der Waals surface area contributed by atoms with Crippen LogP contribution in [0.5, 0.6) is 0 Å². The maximum atomic E-state index is 13.2. The summed E-state index contributed by atoms with van der Waals surface area (Å²) in [5.74, 6) is -0.121. The monoisotopic (exact) mass is 493 g/mol. The fourth-order valence-corrected chi connectivity index (χ4v) is 4.31. The van der Waals surface area contributed by atoms with E-state index in [1.165, 1.54) is 14.0 Å². The number of hydrogen-bond acceptors (Lipinski definition) is 9. The summed E-state index contributed by atoms with van der Waals surface area (Å²) in [5, 5.41) is 13.6. The Balaban J connectivity index is 1.66. The molecular formula is C21H22F3N7O2S. The Kier molecular flexibility index (Phi) is 5.72. The SMILES string of the molecule is CC(=O)N(C)c1cc(C(F)(F)F)cnc1Nc1nc(-c2cc3c(cn2)N(C)C(O)C3(C)C)ns1. The molecule has 1 aliphatic rings. The highest BCUT2D eigenvalue weighted by atomic mass is 32.1. The highest BCUT2D eigenvalue weighted by molar-refractivity contribution is 7.09. The topological polar surface area (TPSA) is 107 Å². The van der Waals surface area contributed by atoms with E-state index < -0.39 is 29.3 Å². The Morgan fingerprint density at radius 1 is 1.26 bits per heavy atom. The number of alkyl halides is 3. The molecular weight excluding hydrogens is 471 g/mol. The second kappa shape index (κ2) is 8.17. The van der Waals surface area contributed by atoms with Crippen LogP contribution in [0.3, 0.4) is 0 Å². The molecule has 34 heavy (non-hydrogen) atoms. The lowest BCUT2D eigenvalue weighted by atomic mass is 9.85. The maximum Gasteiger partial charge on any atom is 0.417 e. The molecule has 3 aromatic heterocycles. The molecule has 1 aliphatic heterocycles. The van der Waals surface area contributed by atoms with Crippen LogP contribution in [0.1, 0.15) is 31.9 Å². The van der Waals surface area contributed by atoms with Crippen molar-refractivity contribution in [1.82, 2.24) is 19.3 Å². The quantitative estimate of drug-likeness (QED) is 0.566. The van der Waals surface area contributed by atoms with Crippen LogP contribution >= 0.6 is 11.5 Å². The lowest BCUT2D eigenvalue weighted by Gasteiger charge is -2.26. The number of carbonyl (C=O) groups is 1. The molecule has 1 unspecified atom stereocenters. The third-order valence-electron chi connectivity index (χ3n) is 5.88. The second-order valence-electron chi connectivity index (χ2n) is 8.51. The summed E-state index contributed by atoms with van der Waals surface area (Å²) in [5.41, 5.74) is 0.631. The first kappa shape index (κ1) is 23.8. The first-order chi connectivity index (χ1) is 15.8. The van der Waals surface area contributed by atoms with Gasteiger partial charge >= 0.3 is 6.18 Å². The van der Waals surface area contributed by atoms with E-state index in [2.05, 4.69) is 24.6 Å². The molecule has 0 aliphatic carbocycles. The van der Waals surface area contributed by atoms with Gasteiger partial charge in [0.1, 0.15) is 11.9 Å². The van der Waals surface area contributed by atoms with Crippen LogP contribution in [0.15, 0.2) is 24.5 Å². The summed E-state index contributed by atoms with van der Waals surface area (Å²) in [4.78, 5) is 27.3. The van der Waals surface area contributed by atoms with Crippen molar-refractivity contribution >= 4 is 39.8 Å². The predicted octanol–water partition coefficient (Wildman–Crippen LogP) is 3.79. The molecule has 3 aromatic rings. The van der Waals surface area contributed by atoms with E-state index in [1.54, 1.807) is 18.1 Å². The summed E-state index contributed by atoms with van der Waals surface area (Å²) < 4.78 is 43.8. The minimum Gasteiger partial charge on any atom is -0.373 e.